The number of ether oxygens (including phenoxy) is 4. The Hall–Kier alpha value is -5.76. The van der Waals surface area contributed by atoms with E-state index in [1.165, 1.54) is 11.0 Å². The van der Waals surface area contributed by atoms with Crippen molar-refractivity contribution in [3.63, 3.8) is 0 Å². The van der Waals surface area contributed by atoms with Crippen LogP contribution >= 0.6 is 10.7 Å². The molecule has 0 bridgehead atoms. The number of ketones is 1. The number of anilines is 1. The lowest BCUT2D eigenvalue weighted by atomic mass is 9.91. The van der Waals surface area contributed by atoms with Crippen molar-refractivity contribution in [2.24, 2.45) is 0 Å². The van der Waals surface area contributed by atoms with Gasteiger partial charge >= 0.3 is 17.5 Å². The van der Waals surface area contributed by atoms with Crippen molar-refractivity contribution in [1.29, 1.82) is 0 Å². The summed E-state index contributed by atoms with van der Waals surface area (Å²) >= 11 is 0. The van der Waals surface area contributed by atoms with Gasteiger partial charge in [0.1, 0.15) is 23.3 Å². The Kier molecular flexibility index (Phi) is 11.0. The second kappa shape index (κ2) is 15.5. The fourth-order valence-electron chi connectivity index (χ4n) is 6.35. The number of hydrogen-bond donors (Lipinski definition) is 1. The fourth-order valence-corrected chi connectivity index (χ4v) is 8.46. The standard InChI is InChI=1S/C41H43N3O10S/c1-40(2,3)53-37(48)42-32-33-30(45)24-28(23-27-21-22-43(35(27)46)29-19-13-14-20-31(29)51-38(49)54-41(4,5)6)55(44(33)36(32)47)39(50)52-34(25-15-9-7-10-16-25)26-17-11-8-12-18-26/h7-20,23,32-34H,21-22,24H2,1-6H3,(H,42,48)/b27-23+/t32-,33+,55?/m1/s1. The van der Waals surface area contributed by atoms with Gasteiger partial charge in [-0.05, 0) is 77.3 Å². The Bertz CT molecular complexity index is 2050. The first-order valence-corrected chi connectivity index (χ1v) is 19.0. The minimum atomic E-state index is -1.78. The van der Waals surface area contributed by atoms with Crippen molar-refractivity contribution in [3.05, 3.63) is 108 Å². The lowest BCUT2D eigenvalue weighted by Gasteiger charge is -2.49. The number of para-hydroxylation sites is 2. The monoisotopic (exact) mass is 769 g/mol. The van der Waals surface area contributed by atoms with E-state index < -0.39 is 75.2 Å². The SMILES string of the molecule is CC(C)(C)OC(=O)N[C@H]1C(=O)N2[C@H]1C(=O)CC(/C=C1\CCN(c3ccccc3OC(=O)OC(C)(C)C)C1=O)=S2C(=O)OC(c1ccccc1)c1ccccc1. The van der Waals surface area contributed by atoms with Crippen molar-refractivity contribution in [1.82, 2.24) is 9.62 Å². The number of rotatable bonds is 7. The molecule has 3 atom stereocenters. The number of alkyl carbamates (subject to hydrolysis) is 1. The normalized spacial score (nSPS) is 20.6. The second-order valence-corrected chi connectivity index (χ2v) is 16.9. The molecule has 2 saturated heterocycles. The summed E-state index contributed by atoms with van der Waals surface area (Å²) in [5.41, 5.74) is 0.309. The zero-order valence-corrected chi connectivity index (χ0v) is 32.2. The molecule has 3 amide bonds. The van der Waals surface area contributed by atoms with Crippen molar-refractivity contribution in [3.8, 4) is 5.75 Å². The molecule has 0 aromatic heterocycles. The smallest absolute Gasteiger partial charge is 0.444 e. The molecule has 14 heteroatoms. The highest BCUT2D eigenvalue weighted by Gasteiger charge is 2.58. The summed E-state index contributed by atoms with van der Waals surface area (Å²) in [5, 5.41) is 1.72. The van der Waals surface area contributed by atoms with Crippen molar-refractivity contribution >= 4 is 56.4 Å². The van der Waals surface area contributed by atoms with Crippen LogP contribution in [0.1, 0.15) is 71.6 Å². The first-order valence-electron chi connectivity index (χ1n) is 17.8. The van der Waals surface area contributed by atoms with Crippen LogP contribution in [0.25, 0.3) is 0 Å². The van der Waals surface area contributed by atoms with Gasteiger partial charge in [0, 0.05) is 34.1 Å². The van der Waals surface area contributed by atoms with Crippen molar-refractivity contribution in [2.75, 3.05) is 11.4 Å². The number of hydrogen-bond acceptors (Lipinski definition) is 10. The van der Waals surface area contributed by atoms with Crippen LogP contribution < -0.4 is 15.0 Å². The third-order valence-electron chi connectivity index (χ3n) is 8.62. The van der Waals surface area contributed by atoms with Gasteiger partial charge in [-0.1, -0.05) is 72.8 Å². The van der Waals surface area contributed by atoms with Crippen LogP contribution in [0.5, 0.6) is 5.75 Å². The first-order chi connectivity index (χ1) is 26.0. The Morgan fingerprint density at radius 3 is 2.00 bits per heavy atom. The van der Waals surface area contributed by atoms with E-state index in [2.05, 4.69) is 5.32 Å². The number of allylic oxidation sites excluding steroid dienone is 1. The summed E-state index contributed by atoms with van der Waals surface area (Å²) in [6.45, 7) is 10.3. The van der Waals surface area contributed by atoms with Gasteiger partial charge in [-0.3, -0.25) is 18.7 Å². The number of amides is 3. The molecule has 0 radical (unpaired) electrons. The number of Topliss-reactive ketones (excluding diaryl/α,β-unsaturated/α-hetero) is 1. The van der Waals surface area contributed by atoms with Crippen LogP contribution in [0.15, 0.2) is 96.6 Å². The molecular weight excluding hydrogens is 727 g/mol. The van der Waals surface area contributed by atoms with Gasteiger partial charge in [-0.25, -0.2) is 14.4 Å². The lowest BCUT2D eigenvalue weighted by Crippen LogP contribution is -2.73. The third-order valence-corrected chi connectivity index (χ3v) is 10.6. The molecular formula is C41H43N3O10S. The maximum atomic E-state index is 14.5. The average molecular weight is 770 g/mol. The largest absolute Gasteiger partial charge is 0.514 e. The molecule has 3 aromatic carbocycles. The second-order valence-electron chi connectivity index (χ2n) is 15.1. The number of fused-ring (bicyclic) bond motifs is 1. The third kappa shape index (κ3) is 8.80. The predicted molar refractivity (Wildman–Crippen MR) is 206 cm³/mol. The maximum Gasteiger partial charge on any atom is 0.514 e. The van der Waals surface area contributed by atoms with Crippen LogP contribution in [0.2, 0.25) is 0 Å². The Labute approximate surface area is 321 Å². The van der Waals surface area contributed by atoms with Gasteiger partial charge in [-0.15, -0.1) is 0 Å². The highest BCUT2D eigenvalue weighted by Crippen LogP contribution is 2.44. The number of benzene rings is 3. The first kappa shape index (κ1) is 38.9. The van der Waals surface area contributed by atoms with Crippen molar-refractivity contribution in [2.45, 2.75) is 83.8 Å². The van der Waals surface area contributed by atoms with Gasteiger partial charge in [-0.2, -0.15) is 0 Å². The summed E-state index contributed by atoms with van der Waals surface area (Å²) < 4.78 is 23.5. The molecule has 0 saturated carbocycles. The van der Waals surface area contributed by atoms with Gasteiger partial charge in [0.25, 0.3) is 11.8 Å². The number of nitrogens with zero attached hydrogens (tertiary/aromatic N) is 2. The van der Waals surface area contributed by atoms with E-state index in [1.54, 1.807) is 65.8 Å². The molecule has 3 heterocycles. The van der Waals surface area contributed by atoms with E-state index in [0.29, 0.717) is 16.8 Å². The minimum absolute atomic E-state index is 0.112. The van der Waals surface area contributed by atoms with Crippen LogP contribution in [-0.4, -0.2) is 74.1 Å². The number of carbonyl (C=O) groups is 6. The molecule has 55 heavy (non-hydrogen) atoms. The summed E-state index contributed by atoms with van der Waals surface area (Å²) in [7, 11) is -1.78. The molecule has 1 unspecified atom stereocenters. The van der Waals surface area contributed by atoms with E-state index >= 15 is 0 Å². The van der Waals surface area contributed by atoms with Crippen molar-refractivity contribution < 1.29 is 47.7 Å². The Morgan fingerprint density at radius 1 is 0.818 bits per heavy atom. The van der Waals surface area contributed by atoms with E-state index in [9.17, 15) is 28.8 Å². The molecule has 288 valence electrons. The summed E-state index contributed by atoms with van der Waals surface area (Å²) in [5.74, 6) is -1.42. The Morgan fingerprint density at radius 2 is 1.40 bits per heavy atom. The molecule has 3 aliphatic rings. The molecule has 0 spiro atoms. The fraction of sp³-hybridized carbons (Fsp3) is 0.341. The van der Waals surface area contributed by atoms with E-state index in [-0.39, 0.29) is 35.6 Å². The van der Waals surface area contributed by atoms with Crippen LogP contribution in [0, 0.1) is 0 Å². The molecule has 13 nitrogen and oxygen atoms in total. The van der Waals surface area contributed by atoms with Crippen LogP contribution in [-0.2, 0) is 28.6 Å². The summed E-state index contributed by atoms with van der Waals surface area (Å²) in [6.07, 6.45) is -1.22. The van der Waals surface area contributed by atoms with Gasteiger partial charge < -0.3 is 29.2 Å². The maximum absolute atomic E-state index is 14.5. The van der Waals surface area contributed by atoms with E-state index in [4.69, 9.17) is 18.9 Å². The molecule has 3 aromatic rings. The average Bonchev–Trinajstić information content (AvgIpc) is 3.47. The molecule has 0 aliphatic carbocycles. The predicted octanol–water partition coefficient (Wildman–Crippen LogP) is 7.02. The molecule has 1 N–H and O–H groups in total. The molecule has 2 fully saturated rings. The molecule has 6 rings (SSSR count). The van der Waals surface area contributed by atoms with Gasteiger partial charge in [0.05, 0.1) is 5.69 Å². The Balaban J connectivity index is 1.36. The summed E-state index contributed by atoms with van der Waals surface area (Å²) in [6, 6.07) is 22.4. The zero-order chi connectivity index (χ0) is 39.7. The number of nitrogens with one attached hydrogen (secondary N) is 1. The van der Waals surface area contributed by atoms with E-state index in [0.717, 1.165) is 4.31 Å². The summed E-state index contributed by atoms with van der Waals surface area (Å²) in [4.78, 5) is 82.9. The highest BCUT2D eigenvalue weighted by molar-refractivity contribution is 8.27. The van der Waals surface area contributed by atoms with Gasteiger partial charge in [0.15, 0.2) is 17.6 Å². The quantitative estimate of drug-likeness (QED) is 0.0661. The topological polar surface area (TPSA) is 158 Å². The lowest BCUT2D eigenvalue weighted by molar-refractivity contribution is -0.148. The van der Waals surface area contributed by atoms with E-state index in [1.807, 2.05) is 60.7 Å². The van der Waals surface area contributed by atoms with Crippen LogP contribution in [0.3, 0.4) is 0 Å². The number of β-lactam (4-membered cyclic amide) rings is 1. The number of carbonyl (C=O) groups excluding carboxylic acids is 6. The minimum Gasteiger partial charge on any atom is -0.444 e. The highest BCUT2D eigenvalue weighted by atomic mass is 32.2. The van der Waals surface area contributed by atoms with Gasteiger partial charge in [0.2, 0.25) is 0 Å². The zero-order valence-electron chi connectivity index (χ0n) is 31.4. The van der Waals surface area contributed by atoms with Crippen LogP contribution in [0.4, 0.5) is 20.1 Å². The molecule has 3 aliphatic heterocycles.